The third-order valence-corrected chi connectivity index (χ3v) is 4.80. The molecule has 0 saturated heterocycles. The van der Waals surface area contributed by atoms with E-state index in [9.17, 15) is 24.6 Å². The molecule has 1 aromatic rings. The number of amides is 3. The maximum Gasteiger partial charge on any atom is 0.408 e. The van der Waals surface area contributed by atoms with E-state index in [2.05, 4.69) is 10.6 Å². The number of unbranched alkanes of at least 4 members (excludes halogenated alkanes) is 1. The van der Waals surface area contributed by atoms with Gasteiger partial charge in [0.15, 0.2) is 0 Å². The number of carbonyl (C=O) groups excluding carboxylic acids is 3. The number of hydrogen-bond donors (Lipinski definition) is 4. The number of hydrogen-bond acceptors (Lipinski definition) is 6. The summed E-state index contributed by atoms with van der Waals surface area (Å²) in [6, 6.07) is 4.00. The van der Waals surface area contributed by atoms with Crippen LogP contribution in [0.3, 0.4) is 0 Å². The van der Waals surface area contributed by atoms with Crippen molar-refractivity contribution in [3.05, 3.63) is 29.8 Å². The molecule has 0 aliphatic rings. The van der Waals surface area contributed by atoms with Crippen LogP contribution in [0.15, 0.2) is 24.3 Å². The van der Waals surface area contributed by atoms with Gasteiger partial charge in [-0.2, -0.15) is 0 Å². The predicted molar refractivity (Wildman–Crippen MR) is 126 cm³/mol. The summed E-state index contributed by atoms with van der Waals surface area (Å²) in [7, 11) is 0. The molecular weight excluding hydrogens is 426 g/mol. The predicted octanol–water partition coefficient (Wildman–Crippen LogP) is 2.72. The van der Waals surface area contributed by atoms with E-state index in [1.54, 1.807) is 46.8 Å². The molecule has 9 nitrogen and oxygen atoms in total. The number of phenols is 1. The molecule has 0 aliphatic carbocycles. The minimum absolute atomic E-state index is 0.0532. The Kier molecular flexibility index (Phi) is 11.1. The van der Waals surface area contributed by atoms with E-state index in [-0.39, 0.29) is 24.8 Å². The number of benzene rings is 1. The quantitative estimate of drug-likeness (QED) is 0.372. The largest absolute Gasteiger partial charge is 0.508 e. The monoisotopic (exact) mass is 465 g/mol. The smallest absolute Gasteiger partial charge is 0.408 e. The van der Waals surface area contributed by atoms with Crippen molar-refractivity contribution in [2.45, 2.75) is 72.1 Å². The zero-order valence-corrected chi connectivity index (χ0v) is 20.6. The molecule has 33 heavy (non-hydrogen) atoms. The number of nitrogens with one attached hydrogen (secondary N) is 2. The molecule has 186 valence electrons. The summed E-state index contributed by atoms with van der Waals surface area (Å²) in [5, 5.41) is 25.1. The number of alkyl carbamates (subject to hydrolysis) is 1. The Balaban J connectivity index is 3.34. The van der Waals surface area contributed by atoms with Crippen LogP contribution < -0.4 is 10.6 Å². The van der Waals surface area contributed by atoms with Crippen molar-refractivity contribution >= 4 is 17.9 Å². The van der Waals surface area contributed by atoms with Crippen LogP contribution in [-0.4, -0.2) is 64.4 Å². The van der Waals surface area contributed by atoms with E-state index in [4.69, 9.17) is 4.74 Å². The van der Waals surface area contributed by atoms with Crippen LogP contribution in [0.2, 0.25) is 0 Å². The van der Waals surface area contributed by atoms with E-state index in [1.807, 2.05) is 6.92 Å². The maximum atomic E-state index is 13.6. The second-order valence-electron chi connectivity index (χ2n) is 9.27. The molecule has 0 aromatic heterocycles. The first-order chi connectivity index (χ1) is 15.4. The number of phenolic OH excluding ortho intramolecular Hbond substituents is 1. The van der Waals surface area contributed by atoms with Crippen molar-refractivity contribution in [1.29, 1.82) is 0 Å². The van der Waals surface area contributed by atoms with Gasteiger partial charge in [-0.3, -0.25) is 9.59 Å². The molecule has 0 radical (unpaired) electrons. The Morgan fingerprint density at radius 3 is 2.36 bits per heavy atom. The van der Waals surface area contributed by atoms with Gasteiger partial charge in [-0.1, -0.05) is 39.3 Å². The lowest BCUT2D eigenvalue weighted by atomic mass is 9.98. The van der Waals surface area contributed by atoms with Gasteiger partial charge < -0.3 is 30.5 Å². The van der Waals surface area contributed by atoms with Crippen LogP contribution in [-0.2, 0) is 14.3 Å². The van der Waals surface area contributed by atoms with Gasteiger partial charge in [-0.05, 0) is 50.8 Å². The molecule has 2 atom stereocenters. The summed E-state index contributed by atoms with van der Waals surface area (Å²) >= 11 is 0. The molecule has 0 heterocycles. The van der Waals surface area contributed by atoms with Gasteiger partial charge >= 0.3 is 6.09 Å². The third kappa shape index (κ3) is 9.29. The second-order valence-corrected chi connectivity index (χ2v) is 9.27. The van der Waals surface area contributed by atoms with E-state index in [0.29, 0.717) is 12.1 Å². The summed E-state index contributed by atoms with van der Waals surface area (Å²) in [4.78, 5) is 40.4. The van der Waals surface area contributed by atoms with Crippen molar-refractivity contribution < 1.29 is 29.3 Å². The first-order valence-electron chi connectivity index (χ1n) is 11.4. The second kappa shape index (κ2) is 13.0. The summed E-state index contributed by atoms with van der Waals surface area (Å²) in [5.74, 6) is -1.35. The van der Waals surface area contributed by atoms with Gasteiger partial charge in [0.25, 0.3) is 0 Å². The van der Waals surface area contributed by atoms with E-state index in [0.717, 1.165) is 12.8 Å². The molecule has 9 heteroatoms. The van der Waals surface area contributed by atoms with Crippen molar-refractivity contribution in [3.63, 3.8) is 0 Å². The molecule has 0 saturated carbocycles. The Morgan fingerprint density at radius 2 is 1.85 bits per heavy atom. The van der Waals surface area contributed by atoms with E-state index < -0.39 is 35.6 Å². The van der Waals surface area contributed by atoms with Crippen molar-refractivity contribution in [2.75, 3.05) is 19.7 Å². The fraction of sp³-hybridized carbons (Fsp3) is 0.625. The minimum Gasteiger partial charge on any atom is -0.508 e. The maximum absolute atomic E-state index is 13.6. The van der Waals surface area contributed by atoms with Crippen LogP contribution in [0, 0.1) is 5.92 Å². The summed E-state index contributed by atoms with van der Waals surface area (Å²) in [6.45, 7) is 10.6. The van der Waals surface area contributed by atoms with Crippen molar-refractivity contribution in [2.24, 2.45) is 5.92 Å². The molecule has 1 rings (SSSR count). The van der Waals surface area contributed by atoms with Gasteiger partial charge in [0.2, 0.25) is 11.8 Å². The number of ether oxygens (including phenoxy) is 1. The molecule has 1 aromatic carbocycles. The Bertz CT molecular complexity index is 791. The fourth-order valence-electron chi connectivity index (χ4n) is 3.25. The lowest BCUT2D eigenvalue weighted by Gasteiger charge is -2.35. The highest BCUT2D eigenvalue weighted by Crippen LogP contribution is 2.26. The highest BCUT2D eigenvalue weighted by molar-refractivity contribution is 5.92. The summed E-state index contributed by atoms with van der Waals surface area (Å²) in [5.41, 5.74) is -0.353. The minimum atomic E-state index is -1.10. The topological polar surface area (TPSA) is 128 Å². The van der Waals surface area contributed by atoms with Crippen LogP contribution >= 0.6 is 0 Å². The molecule has 0 spiro atoms. The Labute approximate surface area is 196 Å². The van der Waals surface area contributed by atoms with Crippen molar-refractivity contribution in [1.82, 2.24) is 15.5 Å². The van der Waals surface area contributed by atoms with Crippen LogP contribution in [0.25, 0.3) is 0 Å². The molecule has 0 fully saturated rings. The summed E-state index contributed by atoms with van der Waals surface area (Å²) in [6.07, 6.45) is 0.896. The molecule has 0 aliphatic heterocycles. The van der Waals surface area contributed by atoms with Crippen LogP contribution in [0.1, 0.15) is 66.0 Å². The molecule has 3 amide bonds. The van der Waals surface area contributed by atoms with Gasteiger partial charge in [-0.25, -0.2) is 4.79 Å². The van der Waals surface area contributed by atoms with Crippen molar-refractivity contribution in [3.8, 4) is 5.75 Å². The lowest BCUT2D eigenvalue weighted by molar-refractivity contribution is -0.143. The highest BCUT2D eigenvalue weighted by atomic mass is 16.6. The zero-order valence-electron chi connectivity index (χ0n) is 20.6. The normalized spacial score (nSPS) is 13.2. The Hall–Kier alpha value is -2.81. The first kappa shape index (κ1) is 28.2. The van der Waals surface area contributed by atoms with Crippen LogP contribution in [0.4, 0.5) is 4.79 Å². The number of nitrogens with zero attached hydrogens (tertiary/aromatic N) is 1. The third-order valence-electron chi connectivity index (χ3n) is 4.80. The first-order valence-corrected chi connectivity index (χ1v) is 11.4. The standard InChI is InChI=1S/C24H39N3O6/c1-7-8-12-25-21(30)20(17-10-9-11-18(29)15-17)27(13-14-28)22(31)19(16(2)3)26-23(32)33-24(4,5)6/h9-11,15-16,19-20,28-29H,7-8,12-14H2,1-6H3,(H,25,30)(H,26,32). The lowest BCUT2D eigenvalue weighted by Crippen LogP contribution is -2.55. The highest BCUT2D eigenvalue weighted by Gasteiger charge is 2.37. The number of carbonyl (C=O) groups is 3. The van der Waals surface area contributed by atoms with Gasteiger partial charge in [-0.15, -0.1) is 0 Å². The summed E-state index contributed by atoms with van der Waals surface area (Å²) < 4.78 is 5.30. The average molecular weight is 466 g/mol. The number of aromatic hydroxyl groups is 1. The SMILES string of the molecule is CCCCNC(=O)C(c1cccc(O)c1)N(CCO)C(=O)C(NC(=O)OC(C)(C)C)C(C)C. The van der Waals surface area contributed by atoms with Crippen LogP contribution in [0.5, 0.6) is 5.75 Å². The molecule has 2 unspecified atom stereocenters. The number of rotatable bonds is 11. The average Bonchev–Trinajstić information content (AvgIpc) is 2.70. The fourth-order valence-corrected chi connectivity index (χ4v) is 3.25. The Morgan fingerprint density at radius 1 is 1.18 bits per heavy atom. The van der Waals surface area contributed by atoms with Gasteiger partial charge in [0.1, 0.15) is 23.4 Å². The molecule has 4 N–H and O–H groups in total. The number of aliphatic hydroxyl groups excluding tert-OH is 1. The van der Waals surface area contributed by atoms with Gasteiger partial charge in [0.05, 0.1) is 6.61 Å². The number of aliphatic hydroxyl groups is 1. The zero-order chi connectivity index (χ0) is 25.2. The molecule has 0 bridgehead atoms. The van der Waals surface area contributed by atoms with E-state index >= 15 is 0 Å². The van der Waals surface area contributed by atoms with E-state index in [1.165, 1.54) is 17.0 Å². The van der Waals surface area contributed by atoms with Gasteiger partial charge in [0, 0.05) is 13.1 Å². The molecular formula is C24H39N3O6.